The molecule has 0 saturated heterocycles. The third kappa shape index (κ3) is 3.24. The molecule has 1 aromatic carbocycles. The summed E-state index contributed by atoms with van der Waals surface area (Å²) in [5.41, 5.74) is 4.81. The molecule has 0 heterocycles. The molecule has 2 rings (SSSR count). The lowest BCUT2D eigenvalue weighted by Gasteiger charge is -2.37. The van der Waals surface area contributed by atoms with Gasteiger partial charge in [0.05, 0.1) is 0 Å². The van der Waals surface area contributed by atoms with Gasteiger partial charge in [0.15, 0.2) is 0 Å². The van der Waals surface area contributed by atoms with Crippen LogP contribution in [0.15, 0.2) is 18.2 Å². The largest absolute Gasteiger partial charge is 0.0833 e. The molecule has 0 aliphatic heterocycles. The van der Waals surface area contributed by atoms with E-state index in [9.17, 15) is 0 Å². The zero-order chi connectivity index (χ0) is 14.0. The summed E-state index contributed by atoms with van der Waals surface area (Å²) in [4.78, 5) is 0.518. The Labute approximate surface area is 127 Å². The monoisotopic (exact) mass is 322 g/mol. The molecule has 1 aromatic rings. The Bertz CT molecular complexity index is 427. The van der Waals surface area contributed by atoms with Crippen LogP contribution in [0.3, 0.4) is 0 Å². The maximum atomic E-state index is 4.08. The van der Waals surface area contributed by atoms with Crippen molar-refractivity contribution in [2.45, 2.75) is 64.6 Å². The molecule has 19 heavy (non-hydrogen) atoms. The fourth-order valence-corrected chi connectivity index (χ4v) is 4.95. The minimum absolute atomic E-state index is 0.479. The number of alkyl halides is 1. The maximum Gasteiger partial charge on any atom is 0.0454 e. The zero-order valence-electron chi connectivity index (χ0n) is 12.8. The molecule has 0 spiro atoms. The van der Waals surface area contributed by atoms with Crippen molar-refractivity contribution >= 4 is 15.9 Å². The van der Waals surface area contributed by atoms with Crippen LogP contribution in [0.1, 0.15) is 67.5 Å². The number of hydrogen-bond donors (Lipinski definition) is 0. The van der Waals surface area contributed by atoms with Crippen LogP contribution in [0.2, 0.25) is 0 Å². The summed E-state index contributed by atoms with van der Waals surface area (Å²) in [5.74, 6) is 0.781. The molecule has 0 bridgehead atoms. The van der Waals surface area contributed by atoms with E-state index < -0.39 is 0 Å². The summed E-state index contributed by atoms with van der Waals surface area (Å²) < 4.78 is 0. The average Bonchev–Trinajstić information content (AvgIpc) is 2.80. The van der Waals surface area contributed by atoms with Crippen molar-refractivity contribution in [2.24, 2.45) is 11.3 Å². The first-order valence-electron chi connectivity index (χ1n) is 7.66. The van der Waals surface area contributed by atoms with Crippen LogP contribution in [0.5, 0.6) is 0 Å². The molecule has 0 radical (unpaired) electrons. The highest BCUT2D eigenvalue weighted by molar-refractivity contribution is 9.09. The highest BCUT2D eigenvalue weighted by Crippen LogP contribution is 2.55. The molecule has 0 amide bonds. The second kappa shape index (κ2) is 5.99. The van der Waals surface area contributed by atoms with Gasteiger partial charge in [-0.1, -0.05) is 66.4 Å². The third-order valence-electron chi connectivity index (χ3n) is 4.66. The van der Waals surface area contributed by atoms with Crippen LogP contribution in [0, 0.1) is 25.2 Å². The number of hydrogen-bond acceptors (Lipinski definition) is 0. The third-order valence-corrected chi connectivity index (χ3v) is 6.12. The van der Waals surface area contributed by atoms with E-state index in [1.165, 1.54) is 48.8 Å². The minimum Gasteiger partial charge on any atom is -0.0833 e. The lowest BCUT2D eigenvalue weighted by molar-refractivity contribution is 0.230. The Hall–Kier alpha value is -0.300. The second-order valence-electron chi connectivity index (χ2n) is 6.89. The van der Waals surface area contributed by atoms with E-state index in [0.29, 0.717) is 10.2 Å². The second-order valence-corrected chi connectivity index (χ2v) is 7.81. The van der Waals surface area contributed by atoms with E-state index in [-0.39, 0.29) is 0 Å². The van der Waals surface area contributed by atoms with Gasteiger partial charge in [0.1, 0.15) is 0 Å². The van der Waals surface area contributed by atoms with Crippen molar-refractivity contribution in [1.29, 1.82) is 0 Å². The zero-order valence-corrected chi connectivity index (χ0v) is 14.4. The quantitative estimate of drug-likeness (QED) is 0.567. The Kier molecular flexibility index (Phi) is 4.76. The molecule has 0 aromatic heterocycles. The molecule has 1 saturated carbocycles. The Balaban J connectivity index is 2.33. The average molecular weight is 323 g/mol. The van der Waals surface area contributed by atoms with Crippen LogP contribution in [-0.2, 0) is 0 Å². The lowest BCUT2D eigenvalue weighted by atomic mass is 9.73. The van der Waals surface area contributed by atoms with Gasteiger partial charge in [-0.25, -0.2) is 0 Å². The fraction of sp³-hybridized carbons (Fsp3) is 0.667. The fourth-order valence-electron chi connectivity index (χ4n) is 3.82. The summed E-state index contributed by atoms with van der Waals surface area (Å²) in [6.45, 7) is 9.18. The molecule has 1 atom stereocenters. The summed E-state index contributed by atoms with van der Waals surface area (Å²) in [6.07, 6.45) is 6.92. The van der Waals surface area contributed by atoms with Crippen molar-refractivity contribution in [3.8, 4) is 0 Å². The first-order chi connectivity index (χ1) is 8.94. The number of halogens is 1. The van der Waals surface area contributed by atoms with Crippen molar-refractivity contribution in [3.63, 3.8) is 0 Å². The van der Waals surface area contributed by atoms with Gasteiger partial charge in [-0.05, 0) is 55.6 Å². The minimum atomic E-state index is 0.479. The molecule has 1 fully saturated rings. The summed E-state index contributed by atoms with van der Waals surface area (Å²) in [7, 11) is 0. The lowest BCUT2D eigenvalue weighted by Crippen LogP contribution is -2.25. The molecule has 106 valence electrons. The standard InChI is InChI=1S/C18H27Br/c1-13(2)12-18(9-5-6-10-18)17(19)16-11-14(3)7-8-15(16)4/h7-8,11,13,17H,5-6,9-10,12H2,1-4H3. The molecule has 1 heteroatoms. The van der Waals surface area contributed by atoms with Gasteiger partial charge in [-0.15, -0.1) is 0 Å². The SMILES string of the molecule is Cc1ccc(C)c(C(Br)C2(CC(C)C)CCCC2)c1. The van der Waals surface area contributed by atoms with Gasteiger partial charge in [0, 0.05) is 4.83 Å². The predicted molar refractivity (Wildman–Crippen MR) is 87.9 cm³/mol. The Morgan fingerprint density at radius 2 is 1.79 bits per heavy atom. The summed E-state index contributed by atoms with van der Waals surface area (Å²) in [6, 6.07) is 6.88. The van der Waals surface area contributed by atoms with Gasteiger partial charge in [0.25, 0.3) is 0 Å². The summed E-state index contributed by atoms with van der Waals surface area (Å²) in [5, 5.41) is 0. The van der Waals surface area contributed by atoms with Crippen LogP contribution < -0.4 is 0 Å². The van der Waals surface area contributed by atoms with Gasteiger partial charge in [-0.3, -0.25) is 0 Å². The van der Waals surface area contributed by atoms with Crippen molar-refractivity contribution in [3.05, 3.63) is 34.9 Å². The molecule has 1 aliphatic carbocycles. The Morgan fingerprint density at radius 1 is 1.16 bits per heavy atom. The van der Waals surface area contributed by atoms with Crippen molar-refractivity contribution < 1.29 is 0 Å². The number of benzene rings is 1. The van der Waals surface area contributed by atoms with Crippen molar-refractivity contribution in [2.75, 3.05) is 0 Å². The van der Waals surface area contributed by atoms with E-state index in [2.05, 4.69) is 61.8 Å². The first kappa shape index (κ1) is 15.1. The molecule has 1 aliphatic rings. The summed E-state index contributed by atoms with van der Waals surface area (Å²) >= 11 is 4.08. The normalized spacial score (nSPS) is 19.9. The highest BCUT2D eigenvalue weighted by atomic mass is 79.9. The molecule has 1 unspecified atom stereocenters. The molecule has 0 N–H and O–H groups in total. The van der Waals surface area contributed by atoms with E-state index in [0.717, 1.165) is 5.92 Å². The van der Waals surface area contributed by atoms with E-state index >= 15 is 0 Å². The van der Waals surface area contributed by atoms with Crippen LogP contribution in [-0.4, -0.2) is 0 Å². The number of aryl methyl sites for hydroxylation is 2. The van der Waals surface area contributed by atoms with E-state index in [1.54, 1.807) is 0 Å². The van der Waals surface area contributed by atoms with Crippen LogP contribution in [0.25, 0.3) is 0 Å². The highest BCUT2D eigenvalue weighted by Gasteiger charge is 2.41. The van der Waals surface area contributed by atoms with E-state index in [1.807, 2.05) is 0 Å². The topological polar surface area (TPSA) is 0 Å². The van der Waals surface area contributed by atoms with Gasteiger partial charge in [-0.2, -0.15) is 0 Å². The number of rotatable bonds is 4. The van der Waals surface area contributed by atoms with Crippen LogP contribution >= 0.6 is 15.9 Å². The van der Waals surface area contributed by atoms with Gasteiger partial charge >= 0.3 is 0 Å². The van der Waals surface area contributed by atoms with Gasteiger partial charge < -0.3 is 0 Å². The molecular weight excluding hydrogens is 296 g/mol. The van der Waals surface area contributed by atoms with E-state index in [4.69, 9.17) is 0 Å². The van der Waals surface area contributed by atoms with Gasteiger partial charge in [0.2, 0.25) is 0 Å². The first-order valence-corrected chi connectivity index (χ1v) is 8.57. The van der Waals surface area contributed by atoms with Crippen LogP contribution in [0.4, 0.5) is 0 Å². The Morgan fingerprint density at radius 3 is 2.37 bits per heavy atom. The molecule has 0 nitrogen and oxygen atoms in total. The van der Waals surface area contributed by atoms with Crippen molar-refractivity contribution in [1.82, 2.24) is 0 Å². The smallest absolute Gasteiger partial charge is 0.0454 e. The molecular formula is C18H27Br. The maximum absolute atomic E-state index is 4.08. The predicted octanol–water partition coefficient (Wildman–Crippen LogP) is 6.35.